The second kappa shape index (κ2) is 7.66. The molecule has 28 heavy (non-hydrogen) atoms. The number of hydrogen-bond acceptors (Lipinski definition) is 2. The van der Waals surface area contributed by atoms with Crippen molar-refractivity contribution in [1.82, 2.24) is 4.90 Å². The first-order valence-electron chi connectivity index (χ1n) is 9.93. The molecule has 4 rings (SSSR count). The standard InChI is InChI=1S/C23H25NO4/c25-22(26)16-11-9-15(10-12-16)13-24(23(27)28)14-21-19-7-3-1-5-17(19)18-6-2-4-8-20(18)21/h1-8,15-16,21H,9-14H2,(H,25,26)(H,27,28)/t15-,16-. The van der Waals surface area contributed by atoms with E-state index in [1.807, 2.05) is 24.3 Å². The van der Waals surface area contributed by atoms with Gasteiger partial charge in [0.25, 0.3) is 0 Å². The molecule has 5 nitrogen and oxygen atoms in total. The van der Waals surface area contributed by atoms with Crippen molar-refractivity contribution in [1.29, 1.82) is 0 Å². The third kappa shape index (κ3) is 3.49. The van der Waals surface area contributed by atoms with Gasteiger partial charge in [-0.3, -0.25) is 4.79 Å². The Bertz CT molecular complexity index is 840. The lowest BCUT2D eigenvalue weighted by Gasteiger charge is -2.31. The first-order chi connectivity index (χ1) is 13.5. The van der Waals surface area contributed by atoms with Gasteiger partial charge in [0.05, 0.1) is 5.92 Å². The summed E-state index contributed by atoms with van der Waals surface area (Å²) in [6, 6.07) is 16.5. The van der Waals surface area contributed by atoms with Crippen molar-refractivity contribution in [3.8, 4) is 11.1 Å². The predicted molar refractivity (Wildman–Crippen MR) is 106 cm³/mol. The van der Waals surface area contributed by atoms with Crippen LogP contribution in [0.15, 0.2) is 48.5 Å². The normalized spacial score (nSPS) is 21.0. The molecule has 0 heterocycles. The lowest BCUT2D eigenvalue weighted by atomic mass is 9.81. The fourth-order valence-electron chi connectivity index (χ4n) is 4.81. The smallest absolute Gasteiger partial charge is 0.407 e. The number of carbonyl (C=O) groups is 2. The summed E-state index contributed by atoms with van der Waals surface area (Å²) in [6.07, 6.45) is 1.93. The molecule has 2 aromatic rings. The molecule has 1 amide bonds. The van der Waals surface area contributed by atoms with E-state index < -0.39 is 12.1 Å². The number of aliphatic carboxylic acids is 1. The van der Waals surface area contributed by atoms with Crippen molar-refractivity contribution < 1.29 is 19.8 Å². The van der Waals surface area contributed by atoms with Crippen LogP contribution in [0.4, 0.5) is 4.79 Å². The van der Waals surface area contributed by atoms with Crippen LogP contribution in [-0.2, 0) is 4.79 Å². The third-order valence-corrected chi connectivity index (χ3v) is 6.31. The zero-order valence-corrected chi connectivity index (χ0v) is 15.8. The lowest BCUT2D eigenvalue weighted by Crippen LogP contribution is -2.38. The number of nitrogens with zero attached hydrogens (tertiary/aromatic N) is 1. The molecule has 0 bridgehead atoms. The topological polar surface area (TPSA) is 77.8 Å². The van der Waals surface area contributed by atoms with Crippen molar-refractivity contribution >= 4 is 12.1 Å². The van der Waals surface area contributed by atoms with E-state index >= 15 is 0 Å². The van der Waals surface area contributed by atoms with Gasteiger partial charge in [-0.25, -0.2) is 4.79 Å². The van der Waals surface area contributed by atoms with Gasteiger partial charge in [-0.2, -0.15) is 0 Å². The van der Waals surface area contributed by atoms with Crippen molar-refractivity contribution in [3.05, 3.63) is 59.7 Å². The van der Waals surface area contributed by atoms with Crippen molar-refractivity contribution in [3.63, 3.8) is 0 Å². The maximum absolute atomic E-state index is 12.0. The molecular formula is C23H25NO4. The van der Waals surface area contributed by atoms with Crippen LogP contribution in [0.5, 0.6) is 0 Å². The van der Waals surface area contributed by atoms with E-state index in [-0.39, 0.29) is 17.8 Å². The van der Waals surface area contributed by atoms with Gasteiger partial charge >= 0.3 is 12.1 Å². The molecule has 2 aliphatic rings. The monoisotopic (exact) mass is 379 g/mol. The summed E-state index contributed by atoms with van der Waals surface area (Å²) in [5.74, 6) is -0.728. The molecule has 0 atom stereocenters. The molecule has 1 fully saturated rings. The molecule has 5 heteroatoms. The first-order valence-corrected chi connectivity index (χ1v) is 9.93. The maximum atomic E-state index is 12.0. The lowest BCUT2D eigenvalue weighted by molar-refractivity contribution is -0.143. The van der Waals surface area contributed by atoms with E-state index in [9.17, 15) is 14.7 Å². The molecule has 2 aromatic carbocycles. The van der Waals surface area contributed by atoms with Crippen LogP contribution >= 0.6 is 0 Å². The zero-order chi connectivity index (χ0) is 19.7. The highest BCUT2D eigenvalue weighted by Gasteiger charge is 2.33. The quantitative estimate of drug-likeness (QED) is 0.791. The minimum Gasteiger partial charge on any atom is -0.481 e. The highest BCUT2D eigenvalue weighted by molar-refractivity contribution is 5.79. The molecular weight excluding hydrogens is 354 g/mol. The Morgan fingerprint density at radius 2 is 1.36 bits per heavy atom. The Labute approximate surface area is 164 Å². The van der Waals surface area contributed by atoms with Gasteiger partial charge in [0.2, 0.25) is 0 Å². The average Bonchev–Trinajstić information content (AvgIpc) is 3.02. The molecule has 0 unspecified atom stereocenters. The summed E-state index contributed by atoms with van der Waals surface area (Å²) in [5.41, 5.74) is 4.75. The van der Waals surface area contributed by atoms with E-state index in [2.05, 4.69) is 24.3 Å². The second-order valence-corrected chi connectivity index (χ2v) is 7.97. The SMILES string of the molecule is O=C(O)N(CC1c2ccccc2-c2ccccc21)C[C@H]1CC[C@H](C(=O)O)CC1. The Balaban J connectivity index is 1.51. The number of rotatable bonds is 5. The molecule has 2 aliphatic carbocycles. The van der Waals surface area contributed by atoms with Gasteiger partial charge in [0.15, 0.2) is 0 Å². The fourth-order valence-corrected chi connectivity index (χ4v) is 4.81. The number of amides is 1. The zero-order valence-electron chi connectivity index (χ0n) is 15.8. The Morgan fingerprint density at radius 1 is 0.821 bits per heavy atom. The summed E-state index contributed by atoms with van der Waals surface area (Å²) < 4.78 is 0. The summed E-state index contributed by atoms with van der Waals surface area (Å²) in [6.45, 7) is 0.907. The van der Waals surface area contributed by atoms with Crippen LogP contribution in [0.3, 0.4) is 0 Å². The molecule has 2 N–H and O–H groups in total. The number of carboxylic acid groups (broad SMARTS) is 2. The van der Waals surface area contributed by atoms with Crippen LogP contribution in [0.1, 0.15) is 42.7 Å². The van der Waals surface area contributed by atoms with Gasteiger partial charge in [-0.15, -0.1) is 0 Å². The van der Waals surface area contributed by atoms with Crippen LogP contribution < -0.4 is 0 Å². The van der Waals surface area contributed by atoms with E-state index in [1.54, 1.807) is 0 Å². The minimum absolute atomic E-state index is 0.0406. The van der Waals surface area contributed by atoms with Gasteiger partial charge in [-0.1, -0.05) is 48.5 Å². The third-order valence-electron chi connectivity index (χ3n) is 6.31. The van der Waals surface area contributed by atoms with E-state index in [1.165, 1.54) is 27.2 Å². The van der Waals surface area contributed by atoms with Crippen LogP contribution in [0.25, 0.3) is 11.1 Å². The summed E-state index contributed by atoms with van der Waals surface area (Å²) >= 11 is 0. The van der Waals surface area contributed by atoms with Gasteiger partial charge in [0, 0.05) is 19.0 Å². The summed E-state index contributed by atoms with van der Waals surface area (Å²) in [4.78, 5) is 24.7. The first kappa shape index (κ1) is 18.5. The number of carboxylic acids is 1. The molecule has 0 radical (unpaired) electrons. The largest absolute Gasteiger partial charge is 0.481 e. The molecule has 0 aromatic heterocycles. The van der Waals surface area contributed by atoms with Crippen LogP contribution in [0, 0.1) is 11.8 Å². The van der Waals surface area contributed by atoms with E-state index in [4.69, 9.17) is 5.11 Å². The summed E-state index contributed by atoms with van der Waals surface area (Å²) in [7, 11) is 0. The van der Waals surface area contributed by atoms with Gasteiger partial charge < -0.3 is 15.1 Å². The molecule has 146 valence electrons. The second-order valence-electron chi connectivity index (χ2n) is 7.97. The highest BCUT2D eigenvalue weighted by atomic mass is 16.4. The van der Waals surface area contributed by atoms with Crippen molar-refractivity contribution in [2.75, 3.05) is 13.1 Å². The maximum Gasteiger partial charge on any atom is 0.407 e. The van der Waals surface area contributed by atoms with E-state index in [0.717, 1.165) is 12.8 Å². The van der Waals surface area contributed by atoms with Gasteiger partial charge in [-0.05, 0) is 53.9 Å². The highest BCUT2D eigenvalue weighted by Crippen LogP contribution is 2.45. The van der Waals surface area contributed by atoms with Crippen LogP contribution in [-0.4, -0.2) is 40.3 Å². The van der Waals surface area contributed by atoms with Crippen molar-refractivity contribution in [2.24, 2.45) is 11.8 Å². The Kier molecular flexibility index (Phi) is 5.07. The Hall–Kier alpha value is -2.82. The summed E-state index contributed by atoms with van der Waals surface area (Å²) in [5, 5.41) is 19.0. The van der Waals surface area contributed by atoms with Crippen LogP contribution in [0.2, 0.25) is 0 Å². The predicted octanol–water partition coefficient (Wildman–Crippen LogP) is 4.67. The van der Waals surface area contributed by atoms with Crippen molar-refractivity contribution in [2.45, 2.75) is 31.6 Å². The van der Waals surface area contributed by atoms with E-state index in [0.29, 0.717) is 25.9 Å². The minimum atomic E-state index is -0.901. The number of fused-ring (bicyclic) bond motifs is 3. The number of hydrogen-bond donors (Lipinski definition) is 2. The molecule has 0 spiro atoms. The number of benzene rings is 2. The Morgan fingerprint density at radius 3 is 1.86 bits per heavy atom. The fraction of sp³-hybridized carbons (Fsp3) is 0.391. The molecule has 1 saturated carbocycles. The molecule has 0 aliphatic heterocycles. The average molecular weight is 379 g/mol. The van der Waals surface area contributed by atoms with Gasteiger partial charge in [0.1, 0.15) is 0 Å². The molecule has 0 saturated heterocycles.